The Kier molecular flexibility index (Phi) is 4.76. The van der Waals surface area contributed by atoms with Crippen LogP contribution in [0.15, 0.2) is 15.9 Å². The van der Waals surface area contributed by atoms with Crippen LogP contribution >= 0.6 is 27.3 Å². The van der Waals surface area contributed by atoms with Crippen LogP contribution in [0.25, 0.3) is 0 Å². The number of amides is 1. The molecule has 1 rings (SSSR count). The molecule has 0 aliphatic heterocycles. The molecule has 3 nitrogen and oxygen atoms in total. The first-order valence-corrected chi connectivity index (χ1v) is 6.37. The predicted molar refractivity (Wildman–Crippen MR) is 68.3 cm³/mol. The standard InChI is InChI=1S/C10H15BrN2OS/c1-7(6-12)5-9(14)13(2)10-4-3-8(11)15-10/h3-4,7H,5-6,12H2,1-2H3. The molecular weight excluding hydrogens is 276 g/mol. The Morgan fingerprint density at radius 2 is 2.33 bits per heavy atom. The third-order valence-electron chi connectivity index (χ3n) is 2.19. The van der Waals surface area contributed by atoms with Gasteiger partial charge in [0.25, 0.3) is 0 Å². The van der Waals surface area contributed by atoms with Crippen molar-refractivity contribution >= 4 is 38.2 Å². The van der Waals surface area contributed by atoms with Gasteiger partial charge in [0.1, 0.15) is 0 Å². The molecule has 0 aromatic carbocycles. The van der Waals surface area contributed by atoms with E-state index in [1.54, 1.807) is 23.3 Å². The van der Waals surface area contributed by atoms with Gasteiger partial charge in [-0.3, -0.25) is 4.79 Å². The maximum Gasteiger partial charge on any atom is 0.227 e. The highest BCUT2D eigenvalue weighted by atomic mass is 79.9. The van der Waals surface area contributed by atoms with Crippen molar-refractivity contribution in [1.29, 1.82) is 0 Å². The second-order valence-electron chi connectivity index (χ2n) is 3.58. The lowest BCUT2D eigenvalue weighted by atomic mass is 10.1. The lowest BCUT2D eigenvalue weighted by Crippen LogP contribution is -2.28. The smallest absolute Gasteiger partial charge is 0.227 e. The van der Waals surface area contributed by atoms with Gasteiger partial charge in [0.15, 0.2) is 0 Å². The molecule has 1 amide bonds. The highest BCUT2D eigenvalue weighted by Gasteiger charge is 2.15. The minimum absolute atomic E-state index is 0.113. The van der Waals surface area contributed by atoms with Gasteiger partial charge >= 0.3 is 0 Å². The van der Waals surface area contributed by atoms with Crippen molar-refractivity contribution in [1.82, 2.24) is 0 Å². The van der Waals surface area contributed by atoms with Crippen molar-refractivity contribution < 1.29 is 4.79 Å². The number of rotatable bonds is 4. The molecule has 1 aromatic rings. The minimum atomic E-state index is 0.113. The molecule has 5 heteroatoms. The van der Waals surface area contributed by atoms with Gasteiger partial charge in [0, 0.05) is 13.5 Å². The van der Waals surface area contributed by atoms with Crippen LogP contribution in [0.4, 0.5) is 5.00 Å². The molecule has 84 valence electrons. The maximum absolute atomic E-state index is 11.8. The zero-order valence-electron chi connectivity index (χ0n) is 8.87. The number of carbonyl (C=O) groups excluding carboxylic acids is 1. The van der Waals surface area contributed by atoms with Crippen LogP contribution in [-0.2, 0) is 4.79 Å². The van der Waals surface area contributed by atoms with Gasteiger partial charge in [-0.1, -0.05) is 6.92 Å². The molecular formula is C10H15BrN2OS. The zero-order valence-corrected chi connectivity index (χ0v) is 11.3. The van der Waals surface area contributed by atoms with Gasteiger partial charge in [-0.25, -0.2) is 0 Å². The fraction of sp³-hybridized carbons (Fsp3) is 0.500. The Morgan fingerprint density at radius 3 is 2.80 bits per heavy atom. The summed E-state index contributed by atoms with van der Waals surface area (Å²) in [6.07, 6.45) is 0.502. The Labute approximate surface area is 102 Å². The molecule has 0 aliphatic carbocycles. The van der Waals surface area contributed by atoms with Crippen LogP contribution in [0.3, 0.4) is 0 Å². The summed E-state index contributed by atoms with van der Waals surface area (Å²) in [5.74, 6) is 0.352. The second kappa shape index (κ2) is 5.63. The van der Waals surface area contributed by atoms with Gasteiger partial charge in [0.05, 0.1) is 8.79 Å². The lowest BCUT2D eigenvalue weighted by Gasteiger charge is -2.17. The lowest BCUT2D eigenvalue weighted by molar-refractivity contribution is -0.119. The average molecular weight is 291 g/mol. The Balaban J connectivity index is 2.60. The van der Waals surface area contributed by atoms with Gasteiger partial charge in [0.2, 0.25) is 5.91 Å². The molecule has 1 heterocycles. The van der Waals surface area contributed by atoms with E-state index in [4.69, 9.17) is 5.73 Å². The Morgan fingerprint density at radius 1 is 1.67 bits per heavy atom. The van der Waals surface area contributed by atoms with E-state index in [2.05, 4.69) is 15.9 Å². The molecule has 15 heavy (non-hydrogen) atoms. The van der Waals surface area contributed by atoms with Crippen LogP contribution in [-0.4, -0.2) is 19.5 Å². The summed E-state index contributed by atoms with van der Waals surface area (Å²) in [7, 11) is 1.80. The number of thiophene rings is 1. The van der Waals surface area contributed by atoms with Gasteiger partial charge in [-0.2, -0.15) is 0 Å². The summed E-state index contributed by atoms with van der Waals surface area (Å²) >= 11 is 4.92. The molecule has 0 bridgehead atoms. The van der Waals surface area contributed by atoms with Crippen molar-refractivity contribution in [2.24, 2.45) is 11.7 Å². The molecule has 2 N–H and O–H groups in total. The van der Waals surface area contributed by atoms with E-state index in [-0.39, 0.29) is 11.8 Å². The largest absolute Gasteiger partial charge is 0.330 e. The molecule has 0 spiro atoms. The van der Waals surface area contributed by atoms with E-state index in [0.29, 0.717) is 13.0 Å². The van der Waals surface area contributed by atoms with E-state index in [1.165, 1.54) is 0 Å². The fourth-order valence-corrected chi connectivity index (χ4v) is 2.47. The summed E-state index contributed by atoms with van der Waals surface area (Å²) in [5.41, 5.74) is 5.49. The van der Waals surface area contributed by atoms with Crippen LogP contribution in [0.1, 0.15) is 13.3 Å². The first-order chi connectivity index (χ1) is 7.04. The first kappa shape index (κ1) is 12.7. The highest BCUT2D eigenvalue weighted by molar-refractivity contribution is 9.11. The van der Waals surface area contributed by atoms with Crippen molar-refractivity contribution in [2.45, 2.75) is 13.3 Å². The molecule has 1 atom stereocenters. The van der Waals surface area contributed by atoms with Crippen LogP contribution in [0, 0.1) is 5.92 Å². The highest BCUT2D eigenvalue weighted by Crippen LogP contribution is 2.29. The number of carbonyl (C=O) groups is 1. The van der Waals surface area contributed by atoms with E-state index in [9.17, 15) is 4.79 Å². The number of hydrogen-bond acceptors (Lipinski definition) is 3. The molecule has 0 saturated carbocycles. The van der Waals surface area contributed by atoms with Crippen LogP contribution < -0.4 is 10.6 Å². The molecule has 0 radical (unpaired) electrons. The third kappa shape index (κ3) is 3.59. The molecule has 0 fully saturated rings. The number of hydrogen-bond donors (Lipinski definition) is 1. The van der Waals surface area contributed by atoms with Crippen molar-refractivity contribution in [3.63, 3.8) is 0 Å². The zero-order chi connectivity index (χ0) is 11.4. The summed E-state index contributed by atoms with van der Waals surface area (Å²) in [6, 6.07) is 3.87. The number of nitrogens with zero attached hydrogens (tertiary/aromatic N) is 1. The first-order valence-electron chi connectivity index (χ1n) is 4.76. The third-order valence-corrected chi connectivity index (χ3v) is 3.89. The van der Waals surface area contributed by atoms with E-state index < -0.39 is 0 Å². The average Bonchev–Trinajstić information content (AvgIpc) is 2.63. The minimum Gasteiger partial charge on any atom is -0.330 e. The molecule has 0 aliphatic rings. The van der Waals surface area contributed by atoms with Gasteiger partial charge < -0.3 is 10.6 Å². The van der Waals surface area contributed by atoms with Crippen LogP contribution in [0.2, 0.25) is 0 Å². The summed E-state index contributed by atoms with van der Waals surface area (Å²) in [5, 5.41) is 0.955. The van der Waals surface area contributed by atoms with Gasteiger partial charge in [-0.15, -0.1) is 11.3 Å². The quantitative estimate of drug-likeness (QED) is 0.926. The van der Waals surface area contributed by atoms with Crippen molar-refractivity contribution in [2.75, 3.05) is 18.5 Å². The van der Waals surface area contributed by atoms with Gasteiger partial charge in [-0.05, 0) is 40.5 Å². The van der Waals surface area contributed by atoms with E-state index in [1.807, 2.05) is 19.1 Å². The SMILES string of the molecule is CC(CN)CC(=O)N(C)c1ccc(Br)s1. The predicted octanol–water partition coefficient (Wildman–Crippen LogP) is 2.46. The summed E-state index contributed by atoms with van der Waals surface area (Å²) in [6.45, 7) is 2.53. The number of halogens is 1. The maximum atomic E-state index is 11.8. The number of anilines is 1. The fourth-order valence-electron chi connectivity index (χ4n) is 1.13. The second-order valence-corrected chi connectivity index (χ2v) is 6.02. The number of nitrogens with two attached hydrogens (primary N) is 1. The topological polar surface area (TPSA) is 46.3 Å². The molecule has 0 saturated heterocycles. The normalized spacial score (nSPS) is 12.5. The van der Waals surface area contributed by atoms with E-state index >= 15 is 0 Å². The van der Waals surface area contributed by atoms with Crippen LogP contribution in [0.5, 0.6) is 0 Å². The molecule has 1 unspecified atom stereocenters. The van der Waals surface area contributed by atoms with Crippen molar-refractivity contribution in [3.8, 4) is 0 Å². The monoisotopic (exact) mass is 290 g/mol. The Hall–Kier alpha value is -0.390. The summed E-state index contributed by atoms with van der Waals surface area (Å²) < 4.78 is 1.03. The van der Waals surface area contributed by atoms with Crippen molar-refractivity contribution in [3.05, 3.63) is 15.9 Å². The molecule has 1 aromatic heterocycles. The Bertz CT molecular complexity index is 340. The van der Waals surface area contributed by atoms with E-state index in [0.717, 1.165) is 8.79 Å². The summed E-state index contributed by atoms with van der Waals surface area (Å²) in [4.78, 5) is 13.5.